The van der Waals surface area contributed by atoms with E-state index in [-0.39, 0.29) is 5.91 Å². The highest BCUT2D eigenvalue weighted by Gasteiger charge is 2.00. The molecule has 0 saturated heterocycles. The summed E-state index contributed by atoms with van der Waals surface area (Å²) in [7, 11) is 0. The number of amides is 1. The van der Waals surface area contributed by atoms with E-state index in [1.165, 1.54) is 89.5 Å². The Labute approximate surface area is 182 Å². The minimum atomic E-state index is -0.250. The van der Waals surface area contributed by atoms with E-state index >= 15 is 0 Å². The Morgan fingerprint density at radius 2 is 1.48 bits per heavy atom. The Morgan fingerprint density at radius 1 is 0.931 bits per heavy atom. The molecule has 1 amide bonds. The summed E-state index contributed by atoms with van der Waals surface area (Å²) >= 11 is 5.14. The van der Waals surface area contributed by atoms with Gasteiger partial charge in [-0.25, -0.2) is 0 Å². The second-order valence-electron chi connectivity index (χ2n) is 7.69. The molecule has 1 heterocycles. The molecular formula is C24H40N2O2S. The Hall–Kier alpha value is -1.62. The molecule has 0 unspecified atom stereocenters. The van der Waals surface area contributed by atoms with Crippen LogP contribution in [0, 0.1) is 0 Å². The highest BCUT2D eigenvalue weighted by atomic mass is 32.1. The standard InChI is InChI=1S/C24H40N2O2S/c1-2-3-4-5-6-7-8-9-10-11-12-13-14-15-20-25-24(29)26-23(27)19-18-22-17-16-21-28-22/h16-19,21H,2-15,20H2,1H3,(H2,25,26,27,29)/b19-18+. The summed E-state index contributed by atoms with van der Waals surface area (Å²) in [6.45, 7) is 3.08. The predicted molar refractivity (Wildman–Crippen MR) is 127 cm³/mol. The molecule has 0 fully saturated rings. The van der Waals surface area contributed by atoms with Gasteiger partial charge in [0.1, 0.15) is 5.76 Å². The van der Waals surface area contributed by atoms with Gasteiger partial charge in [0.2, 0.25) is 5.91 Å². The SMILES string of the molecule is CCCCCCCCCCCCCCCCNC(=S)NC(=O)/C=C/c1ccco1. The molecule has 0 aliphatic rings. The van der Waals surface area contributed by atoms with E-state index < -0.39 is 0 Å². The number of hydrogen-bond donors (Lipinski definition) is 2. The lowest BCUT2D eigenvalue weighted by atomic mass is 10.0. The van der Waals surface area contributed by atoms with Gasteiger partial charge >= 0.3 is 0 Å². The molecule has 0 radical (unpaired) electrons. The highest BCUT2D eigenvalue weighted by molar-refractivity contribution is 7.80. The number of thiocarbonyl (C=S) groups is 1. The Bertz CT molecular complexity index is 555. The molecule has 0 aliphatic heterocycles. The first-order chi connectivity index (χ1) is 14.2. The van der Waals surface area contributed by atoms with Crippen molar-refractivity contribution in [3.05, 3.63) is 30.2 Å². The van der Waals surface area contributed by atoms with Gasteiger partial charge < -0.3 is 9.73 Å². The van der Waals surface area contributed by atoms with Crippen molar-refractivity contribution >= 4 is 29.3 Å². The van der Waals surface area contributed by atoms with E-state index in [9.17, 15) is 4.79 Å². The topological polar surface area (TPSA) is 54.3 Å². The van der Waals surface area contributed by atoms with Gasteiger partial charge in [-0.3, -0.25) is 10.1 Å². The largest absolute Gasteiger partial charge is 0.465 e. The smallest absolute Gasteiger partial charge is 0.250 e. The molecular weight excluding hydrogens is 380 g/mol. The normalized spacial score (nSPS) is 11.1. The lowest BCUT2D eigenvalue weighted by molar-refractivity contribution is -0.115. The zero-order valence-electron chi connectivity index (χ0n) is 18.2. The molecule has 0 saturated carbocycles. The lowest BCUT2D eigenvalue weighted by Gasteiger charge is -2.08. The maximum absolute atomic E-state index is 11.7. The summed E-state index contributed by atoms with van der Waals surface area (Å²) in [5, 5.41) is 6.12. The maximum atomic E-state index is 11.7. The Balaban J connectivity index is 1.83. The molecule has 1 rings (SSSR count). The third-order valence-corrected chi connectivity index (χ3v) is 5.24. The number of nitrogens with one attached hydrogen (secondary N) is 2. The third-order valence-electron chi connectivity index (χ3n) is 4.99. The van der Waals surface area contributed by atoms with Gasteiger partial charge in [-0.2, -0.15) is 0 Å². The number of unbranched alkanes of at least 4 members (excludes halogenated alkanes) is 13. The van der Waals surface area contributed by atoms with Crippen LogP contribution in [0.4, 0.5) is 0 Å². The van der Waals surface area contributed by atoms with Crippen molar-refractivity contribution in [3.63, 3.8) is 0 Å². The molecule has 1 aromatic rings. The number of carbonyl (C=O) groups excluding carboxylic acids is 1. The Kier molecular flexibility index (Phi) is 16.1. The summed E-state index contributed by atoms with van der Waals surface area (Å²) in [5.41, 5.74) is 0. The summed E-state index contributed by atoms with van der Waals surface area (Å²) < 4.78 is 5.13. The van der Waals surface area contributed by atoms with Crippen LogP contribution in [0.15, 0.2) is 28.9 Å². The maximum Gasteiger partial charge on any atom is 0.250 e. The fraction of sp³-hybridized carbons (Fsp3) is 0.667. The van der Waals surface area contributed by atoms with Crippen LogP contribution in [0.3, 0.4) is 0 Å². The van der Waals surface area contributed by atoms with Gasteiger partial charge in [0, 0.05) is 12.6 Å². The first-order valence-corrected chi connectivity index (χ1v) is 11.9. The first-order valence-electron chi connectivity index (χ1n) is 11.5. The average Bonchev–Trinajstić information content (AvgIpc) is 3.23. The van der Waals surface area contributed by atoms with Crippen LogP contribution in [0.5, 0.6) is 0 Å². The molecule has 0 aromatic carbocycles. The van der Waals surface area contributed by atoms with Crippen LogP contribution < -0.4 is 10.6 Å². The molecule has 0 spiro atoms. The van der Waals surface area contributed by atoms with E-state index in [0.717, 1.165) is 13.0 Å². The van der Waals surface area contributed by atoms with Crippen molar-refractivity contribution in [3.8, 4) is 0 Å². The number of carbonyl (C=O) groups is 1. The van der Waals surface area contributed by atoms with Crippen LogP contribution in [0.25, 0.3) is 6.08 Å². The zero-order chi connectivity index (χ0) is 21.0. The summed E-state index contributed by atoms with van der Waals surface area (Å²) in [6.07, 6.45) is 23.5. The van der Waals surface area contributed by atoms with E-state index in [4.69, 9.17) is 16.6 Å². The molecule has 0 bridgehead atoms. The molecule has 164 valence electrons. The van der Waals surface area contributed by atoms with Crippen molar-refractivity contribution in [1.29, 1.82) is 0 Å². The molecule has 0 aliphatic carbocycles. The quantitative estimate of drug-likeness (QED) is 0.166. The van der Waals surface area contributed by atoms with Gasteiger partial charge in [-0.05, 0) is 36.8 Å². The zero-order valence-corrected chi connectivity index (χ0v) is 19.0. The number of furan rings is 1. The lowest BCUT2D eigenvalue weighted by Crippen LogP contribution is -2.38. The Morgan fingerprint density at radius 3 is 2.00 bits per heavy atom. The molecule has 5 heteroatoms. The van der Waals surface area contributed by atoms with Crippen molar-refractivity contribution in [2.75, 3.05) is 6.54 Å². The minimum absolute atomic E-state index is 0.250. The summed E-state index contributed by atoms with van der Waals surface area (Å²) in [6, 6.07) is 3.57. The van der Waals surface area contributed by atoms with E-state index in [1.807, 2.05) is 0 Å². The molecule has 29 heavy (non-hydrogen) atoms. The molecule has 4 nitrogen and oxygen atoms in total. The number of hydrogen-bond acceptors (Lipinski definition) is 3. The molecule has 1 aromatic heterocycles. The first kappa shape index (κ1) is 25.4. The minimum Gasteiger partial charge on any atom is -0.465 e. The van der Waals surface area contributed by atoms with Gasteiger partial charge in [-0.1, -0.05) is 90.4 Å². The number of rotatable bonds is 17. The molecule has 2 N–H and O–H groups in total. The predicted octanol–water partition coefficient (Wildman–Crippen LogP) is 6.76. The van der Waals surface area contributed by atoms with Crippen molar-refractivity contribution in [2.45, 2.75) is 96.8 Å². The summed E-state index contributed by atoms with van der Waals surface area (Å²) in [4.78, 5) is 11.7. The van der Waals surface area contributed by atoms with Gasteiger partial charge in [0.05, 0.1) is 6.26 Å². The van der Waals surface area contributed by atoms with Gasteiger partial charge in [0.15, 0.2) is 5.11 Å². The van der Waals surface area contributed by atoms with Crippen LogP contribution in [0.2, 0.25) is 0 Å². The van der Waals surface area contributed by atoms with Gasteiger partial charge in [0.25, 0.3) is 0 Å². The monoisotopic (exact) mass is 420 g/mol. The van der Waals surface area contributed by atoms with Crippen LogP contribution in [0.1, 0.15) is 103 Å². The van der Waals surface area contributed by atoms with Crippen molar-refractivity contribution in [1.82, 2.24) is 10.6 Å². The third kappa shape index (κ3) is 15.9. The van der Waals surface area contributed by atoms with Crippen LogP contribution in [-0.4, -0.2) is 17.6 Å². The van der Waals surface area contributed by atoms with Crippen molar-refractivity contribution < 1.29 is 9.21 Å². The van der Waals surface area contributed by atoms with E-state index in [2.05, 4.69) is 17.6 Å². The average molecular weight is 421 g/mol. The second kappa shape index (κ2) is 18.4. The fourth-order valence-corrected chi connectivity index (χ4v) is 3.47. The van der Waals surface area contributed by atoms with E-state index in [0.29, 0.717) is 10.9 Å². The van der Waals surface area contributed by atoms with Crippen LogP contribution in [-0.2, 0) is 4.79 Å². The van der Waals surface area contributed by atoms with E-state index in [1.54, 1.807) is 24.5 Å². The van der Waals surface area contributed by atoms with Crippen molar-refractivity contribution in [2.24, 2.45) is 0 Å². The van der Waals surface area contributed by atoms with Crippen LogP contribution >= 0.6 is 12.2 Å². The second-order valence-corrected chi connectivity index (χ2v) is 8.10. The highest BCUT2D eigenvalue weighted by Crippen LogP contribution is 2.12. The summed E-state index contributed by atoms with van der Waals surface area (Å²) in [5.74, 6) is 0.390. The fourth-order valence-electron chi connectivity index (χ4n) is 3.26. The van der Waals surface area contributed by atoms with Gasteiger partial charge in [-0.15, -0.1) is 0 Å². The molecule has 0 atom stereocenters.